The summed E-state index contributed by atoms with van der Waals surface area (Å²) in [4.78, 5) is 0. The average Bonchev–Trinajstić information content (AvgIpc) is 2.79. The highest BCUT2D eigenvalue weighted by Gasteiger charge is 2.40. The van der Waals surface area contributed by atoms with E-state index in [1.807, 2.05) is 0 Å². The van der Waals surface area contributed by atoms with Crippen molar-refractivity contribution >= 4 is 0 Å². The second kappa shape index (κ2) is 7.79. The van der Waals surface area contributed by atoms with E-state index in [0.717, 1.165) is 12.5 Å². The molecule has 1 saturated heterocycles. The maximum absolute atomic E-state index is 6.50. The van der Waals surface area contributed by atoms with E-state index in [0.29, 0.717) is 17.7 Å². The van der Waals surface area contributed by atoms with E-state index in [1.165, 1.54) is 64.2 Å². The number of nitrogens with one attached hydrogen (secondary N) is 1. The largest absolute Gasteiger partial charge is 0.372 e. The van der Waals surface area contributed by atoms with Crippen molar-refractivity contribution in [2.24, 2.45) is 5.92 Å². The number of ether oxygens (including phenoxy) is 1. The van der Waals surface area contributed by atoms with Gasteiger partial charge in [-0.05, 0) is 64.3 Å². The Kier molecular flexibility index (Phi) is 6.35. The van der Waals surface area contributed by atoms with E-state index in [9.17, 15) is 0 Å². The zero-order valence-electron chi connectivity index (χ0n) is 13.9. The third kappa shape index (κ3) is 4.73. The van der Waals surface area contributed by atoms with Crippen molar-refractivity contribution in [3.05, 3.63) is 0 Å². The van der Waals surface area contributed by atoms with Crippen molar-refractivity contribution in [1.82, 2.24) is 5.32 Å². The zero-order valence-corrected chi connectivity index (χ0v) is 13.9. The zero-order chi connectivity index (χ0) is 14.4. The van der Waals surface area contributed by atoms with Gasteiger partial charge in [0.2, 0.25) is 0 Å². The van der Waals surface area contributed by atoms with Crippen LogP contribution in [0.5, 0.6) is 0 Å². The topological polar surface area (TPSA) is 21.3 Å². The average molecular weight is 281 g/mol. The van der Waals surface area contributed by atoms with E-state index in [1.54, 1.807) is 0 Å². The molecule has 3 unspecified atom stereocenters. The van der Waals surface area contributed by atoms with E-state index in [4.69, 9.17) is 4.74 Å². The van der Waals surface area contributed by atoms with E-state index >= 15 is 0 Å². The van der Waals surface area contributed by atoms with Gasteiger partial charge in [-0.2, -0.15) is 0 Å². The Hall–Kier alpha value is -0.0800. The van der Waals surface area contributed by atoms with Gasteiger partial charge < -0.3 is 10.1 Å². The molecule has 1 aliphatic carbocycles. The molecule has 1 N–H and O–H groups in total. The van der Waals surface area contributed by atoms with Crippen molar-refractivity contribution in [1.29, 1.82) is 0 Å². The molecule has 0 bridgehead atoms. The van der Waals surface area contributed by atoms with Gasteiger partial charge in [0.05, 0.1) is 11.7 Å². The fraction of sp³-hybridized carbons (Fsp3) is 1.00. The van der Waals surface area contributed by atoms with Crippen molar-refractivity contribution < 1.29 is 4.74 Å². The lowest BCUT2D eigenvalue weighted by Gasteiger charge is -2.33. The molecular weight excluding hydrogens is 246 g/mol. The van der Waals surface area contributed by atoms with Gasteiger partial charge in [-0.3, -0.25) is 0 Å². The molecular formula is C18H35NO. The van der Waals surface area contributed by atoms with Gasteiger partial charge in [0.1, 0.15) is 0 Å². The second-order valence-corrected chi connectivity index (χ2v) is 7.45. The quantitative estimate of drug-likeness (QED) is 0.732. The van der Waals surface area contributed by atoms with Crippen molar-refractivity contribution in [2.45, 2.75) is 103 Å². The highest BCUT2D eigenvalue weighted by molar-refractivity contribution is 4.91. The predicted octanol–water partition coefficient (Wildman–Crippen LogP) is 4.67. The minimum atomic E-state index is 0.300. The van der Waals surface area contributed by atoms with Crippen LogP contribution in [0.2, 0.25) is 0 Å². The molecule has 1 saturated carbocycles. The molecule has 0 aromatic rings. The molecule has 2 aliphatic rings. The number of hydrogen-bond acceptors (Lipinski definition) is 2. The third-order valence-corrected chi connectivity index (χ3v) is 5.27. The van der Waals surface area contributed by atoms with Crippen LogP contribution in [0.1, 0.15) is 85.0 Å². The highest BCUT2D eigenvalue weighted by atomic mass is 16.5. The lowest BCUT2D eigenvalue weighted by Crippen LogP contribution is -2.32. The first kappa shape index (κ1) is 16.3. The maximum atomic E-state index is 6.50. The molecule has 2 fully saturated rings. The monoisotopic (exact) mass is 281 g/mol. The van der Waals surface area contributed by atoms with Gasteiger partial charge in [-0.1, -0.05) is 33.1 Å². The van der Waals surface area contributed by atoms with Crippen LogP contribution in [0.25, 0.3) is 0 Å². The van der Waals surface area contributed by atoms with Gasteiger partial charge in [-0.25, -0.2) is 0 Å². The summed E-state index contributed by atoms with van der Waals surface area (Å²) in [6.45, 7) is 8.11. The molecule has 2 rings (SSSR count). The summed E-state index contributed by atoms with van der Waals surface area (Å²) < 4.78 is 6.50. The first-order chi connectivity index (χ1) is 9.63. The van der Waals surface area contributed by atoms with Crippen molar-refractivity contribution in [2.75, 3.05) is 6.54 Å². The summed E-state index contributed by atoms with van der Waals surface area (Å²) >= 11 is 0. The Morgan fingerprint density at radius 3 is 2.60 bits per heavy atom. The lowest BCUT2D eigenvalue weighted by atomic mass is 9.83. The van der Waals surface area contributed by atoms with Gasteiger partial charge >= 0.3 is 0 Å². The van der Waals surface area contributed by atoms with Gasteiger partial charge in [-0.15, -0.1) is 0 Å². The Bertz CT molecular complexity index is 273. The minimum Gasteiger partial charge on any atom is -0.372 e. The first-order valence-corrected chi connectivity index (χ1v) is 9.05. The molecule has 2 nitrogen and oxygen atoms in total. The normalized spacial score (nSPS) is 28.6. The molecule has 3 atom stereocenters. The van der Waals surface area contributed by atoms with Crippen LogP contribution in [0.4, 0.5) is 0 Å². The molecule has 2 heteroatoms. The third-order valence-electron chi connectivity index (χ3n) is 5.27. The molecule has 0 aromatic carbocycles. The molecule has 0 radical (unpaired) electrons. The summed E-state index contributed by atoms with van der Waals surface area (Å²) in [5, 5.41) is 3.60. The smallest absolute Gasteiger partial charge is 0.0687 e. The summed E-state index contributed by atoms with van der Waals surface area (Å²) in [5.41, 5.74) is 0.300. The second-order valence-electron chi connectivity index (χ2n) is 7.45. The Labute approximate surface area is 126 Å². The minimum absolute atomic E-state index is 0.300. The van der Waals surface area contributed by atoms with E-state index in [2.05, 4.69) is 26.1 Å². The lowest BCUT2D eigenvalue weighted by molar-refractivity contribution is -0.0696. The van der Waals surface area contributed by atoms with Crippen LogP contribution >= 0.6 is 0 Å². The summed E-state index contributed by atoms with van der Waals surface area (Å²) in [7, 11) is 0. The van der Waals surface area contributed by atoms with Crippen LogP contribution in [0.15, 0.2) is 0 Å². The molecule has 0 amide bonds. The van der Waals surface area contributed by atoms with Crippen LogP contribution in [-0.2, 0) is 4.74 Å². The Morgan fingerprint density at radius 2 is 1.90 bits per heavy atom. The maximum Gasteiger partial charge on any atom is 0.0687 e. The first-order valence-electron chi connectivity index (χ1n) is 9.05. The molecule has 118 valence electrons. The van der Waals surface area contributed by atoms with Gasteiger partial charge in [0.15, 0.2) is 0 Å². The van der Waals surface area contributed by atoms with Crippen LogP contribution in [0.3, 0.4) is 0 Å². The predicted molar refractivity (Wildman–Crippen MR) is 86.1 cm³/mol. The van der Waals surface area contributed by atoms with E-state index in [-0.39, 0.29) is 0 Å². The fourth-order valence-electron chi connectivity index (χ4n) is 4.25. The molecule has 1 heterocycles. The number of hydrogen-bond donors (Lipinski definition) is 1. The molecule has 20 heavy (non-hydrogen) atoms. The van der Waals surface area contributed by atoms with E-state index < -0.39 is 0 Å². The Balaban J connectivity index is 1.68. The SMILES string of the molecule is CCCNC(C)CC(C)CC1CCC2(CCCCC2)O1. The summed E-state index contributed by atoms with van der Waals surface area (Å²) in [6, 6.07) is 0.648. The standard InChI is InChI=1S/C18H35NO/c1-4-12-19-16(3)13-15(2)14-17-8-11-18(20-17)9-6-5-7-10-18/h15-17,19H,4-14H2,1-3H3. The summed E-state index contributed by atoms with van der Waals surface area (Å²) in [5.74, 6) is 0.776. The van der Waals surface area contributed by atoms with Crippen molar-refractivity contribution in [3.63, 3.8) is 0 Å². The summed E-state index contributed by atoms with van der Waals surface area (Å²) in [6.07, 6.45) is 13.8. The molecule has 0 aromatic heterocycles. The highest BCUT2D eigenvalue weighted by Crippen LogP contribution is 2.43. The molecule has 1 spiro atoms. The fourth-order valence-corrected chi connectivity index (χ4v) is 4.25. The van der Waals surface area contributed by atoms with Crippen LogP contribution in [-0.4, -0.2) is 24.3 Å². The van der Waals surface area contributed by atoms with Crippen LogP contribution in [0, 0.1) is 5.92 Å². The molecule has 1 aliphatic heterocycles. The van der Waals surface area contributed by atoms with Crippen molar-refractivity contribution in [3.8, 4) is 0 Å². The van der Waals surface area contributed by atoms with Crippen LogP contribution < -0.4 is 5.32 Å². The Morgan fingerprint density at radius 1 is 1.15 bits per heavy atom. The van der Waals surface area contributed by atoms with Gasteiger partial charge in [0, 0.05) is 6.04 Å². The van der Waals surface area contributed by atoms with Gasteiger partial charge in [0.25, 0.3) is 0 Å². The number of rotatable bonds is 7.